The van der Waals surface area contributed by atoms with Gasteiger partial charge in [-0.2, -0.15) is 0 Å². The van der Waals surface area contributed by atoms with Gasteiger partial charge in [0.2, 0.25) is 0 Å². The van der Waals surface area contributed by atoms with E-state index in [1.54, 1.807) is 42.6 Å². The standard InChI is InChI=1S/C20H19N3O2/c1-3-8-14(4-2)18(24)13-23-17-11-7-12-21-19(17)22-16-10-6-5-9-15(16)20(23)25/h3-12H,13H2,1-2H3,(H,21,22). The quantitative estimate of drug-likeness (QED) is 0.681. The number of anilines is 3. The predicted octanol–water partition coefficient (Wildman–Crippen LogP) is 3.88. The van der Waals surface area contributed by atoms with Gasteiger partial charge in [-0.1, -0.05) is 30.4 Å². The number of allylic oxidation sites excluding steroid dienone is 3. The highest BCUT2D eigenvalue weighted by molar-refractivity contribution is 6.16. The Morgan fingerprint density at radius 3 is 2.76 bits per heavy atom. The van der Waals surface area contributed by atoms with Gasteiger partial charge >= 0.3 is 0 Å². The predicted molar refractivity (Wildman–Crippen MR) is 99.2 cm³/mol. The third-order valence-electron chi connectivity index (χ3n) is 4.01. The van der Waals surface area contributed by atoms with Crippen LogP contribution in [0.25, 0.3) is 0 Å². The van der Waals surface area contributed by atoms with Crippen LogP contribution in [0.15, 0.2) is 66.4 Å². The van der Waals surface area contributed by atoms with E-state index in [0.717, 1.165) is 0 Å². The molecule has 0 aliphatic carbocycles. The van der Waals surface area contributed by atoms with Crippen LogP contribution in [-0.4, -0.2) is 23.2 Å². The first-order chi connectivity index (χ1) is 12.2. The van der Waals surface area contributed by atoms with Crippen molar-refractivity contribution in [1.82, 2.24) is 4.98 Å². The van der Waals surface area contributed by atoms with Crippen LogP contribution in [0.1, 0.15) is 24.2 Å². The lowest BCUT2D eigenvalue weighted by Crippen LogP contribution is -2.35. The van der Waals surface area contributed by atoms with Crippen molar-refractivity contribution < 1.29 is 9.59 Å². The topological polar surface area (TPSA) is 62.3 Å². The number of ketones is 1. The molecule has 1 amide bonds. The molecule has 126 valence electrons. The number of benzene rings is 1. The van der Waals surface area contributed by atoms with Gasteiger partial charge in [-0.05, 0) is 38.1 Å². The van der Waals surface area contributed by atoms with Crippen molar-refractivity contribution in [1.29, 1.82) is 0 Å². The first-order valence-corrected chi connectivity index (χ1v) is 8.11. The largest absolute Gasteiger partial charge is 0.338 e. The van der Waals surface area contributed by atoms with Gasteiger partial charge in [-0.15, -0.1) is 0 Å². The number of pyridine rings is 1. The maximum absolute atomic E-state index is 13.1. The Morgan fingerprint density at radius 1 is 1.20 bits per heavy atom. The number of fused-ring (bicyclic) bond motifs is 2. The van der Waals surface area contributed by atoms with Crippen molar-refractivity contribution in [2.24, 2.45) is 0 Å². The van der Waals surface area contributed by atoms with Gasteiger partial charge in [-0.3, -0.25) is 14.5 Å². The van der Waals surface area contributed by atoms with E-state index in [1.807, 2.05) is 32.1 Å². The molecule has 1 aliphatic heterocycles. The summed E-state index contributed by atoms with van der Waals surface area (Å²) >= 11 is 0. The van der Waals surface area contributed by atoms with Crippen LogP contribution in [0.5, 0.6) is 0 Å². The Bertz CT molecular complexity index is 884. The van der Waals surface area contributed by atoms with Crippen LogP contribution in [-0.2, 0) is 4.79 Å². The summed E-state index contributed by atoms with van der Waals surface area (Å²) in [6, 6.07) is 10.8. The summed E-state index contributed by atoms with van der Waals surface area (Å²) in [4.78, 5) is 31.5. The average Bonchev–Trinajstić information content (AvgIpc) is 2.75. The molecular weight excluding hydrogens is 314 g/mol. The molecule has 0 atom stereocenters. The third-order valence-corrected chi connectivity index (χ3v) is 4.01. The van der Waals surface area contributed by atoms with E-state index in [-0.39, 0.29) is 18.2 Å². The molecule has 0 radical (unpaired) electrons. The van der Waals surface area contributed by atoms with Crippen molar-refractivity contribution in [3.8, 4) is 0 Å². The summed E-state index contributed by atoms with van der Waals surface area (Å²) in [5.41, 5.74) is 2.36. The molecule has 0 bridgehead atoms. The SMILES string of the molecule is CC=CC(=CC)C(=O)CN1C(=O)c2ccccc2Nc2ncccc21. The number of para-hydroxylation sites is 1. The molecule has 1 N–H and O–H groups in total. The molecule has 3 rings (SSSR count). The summed E-state index contributed by atoms with van der Waals surface area (Å²) < 4.78 is 0. The minimum absolute atomic E-state index is 0.0441. The average molecular weight is 333 g/mol. The van der Waals surface area contributed by atoms with E-state index in [0.29, 0.717) is 28.3 Å². The zero-order valence-electron chi connectivity index (χ0n) is 14.2. The second-order valence-corrected chi connectivity index (χ2v) is 5.60. The summed E-state index contributed by atoms with van der Waals surface area (Å²) in [6.45, 7) is 3.62. The number of carbonyl (C=O) groups excluding carboxylic acids is 2. The van der Waals surface area contributed by atoms with E-state index in [4.69, 9.17) is 0 Å². The van der Waals surface area contributed by atoms with Crippen LogP contribution < -0.4 is 10.2 Å². The molecule has 0 fully saturated rings. The molecule has 5 nitrogen and oxygen atoms in total. The number of Topliss-reactive ketones (excluding diaryl/α,β-unsaturated/α-hetero) is 1. The molecular formula is C20H19N3O2. The molecule has 0 saturated carbocycles. The van der Waals surface area contributed by atoms with Crippen LogP contribution >= 0.6 is 0 Å². The molecule has 0 saturated heterocycles. The maximum Gasteiger partial charge on any atom is 0.260 e. The van der Waals surface area contributed by atoms with Crippen molar-refractivity contribution in [2.45, 2.75) is 13.8 Å². The second kappa shape index (κ2) is 7.13. The smallest absolute Gasteiger partial charge is 0.260 e. The number of hydrogen-bond acceptors (Lipinski definition) is 4. The Labute approximate surface area is 146 Å². The molecule has 0 spiro atoms. The molecule has 5 heteroatoms. The monoisotopic (exact) mass is 333 g/mol. The van der Waals surface area contributed by atoms with Gasteiger partial charge in [0, 0.05) is 11.8 Å². The minimum atomic E-state index is -0.223. The molecule has 1 aromatic heterocycles. The highest BCUT2D eigenvalue weighted by atomic mass is 16.2. The van der Waals surface area contributed by atoms with E-state index >= 15 is 0 Å². The van der Waals surface area contributed by atoms with Crippen molar-refractivity contribution in [3.63, 3.8) is 0 Å². The first-order valence-electron chi connectivity index (χ1n) is 8.11. The number of amides is 1. The zero-order chi connectivity index (χ0) is 17.8. The fourth-order valence-electron chi connectivity index (χ4n) is 2.79. The second-order valence-electron chi connectivity index (χ2n) is 5.60. The Kier molecular flexibility index (Phi) is 4.75. The van der Waals surface area contributed by atoms with Gasteiger partial charge in [0.15, 0.2) is 11.6 Å². The third kappa shape index (κ3) is 3.21. The van der Waals surface area contributed by atoms with Gasteiger partial charge in [-0.25, -0.2) is 4.98 Å². The van der Waals surface area contributed by atoms with E-state index in [2.05, 4.69) is 10.3 Å². The molecule has 25 heavy (non-hydrogen) atoms. The minimum Gasteiger partial charge on any atom is -0.338 e. The lowest BCUT2D eigenvalue weighted by molar-refractivity contribution is -0.114. The molecule has 0 unspecified atom stereocenters. The number of carbonyl (C=O) groups is 2. The Balaban J connectivity index is 2.05. The summed E-state index contributed by atoms with van der Waals surface area (Å²) in [6.07, 6.45) is 6.97. The van der Waals surface area contributed by atoms with Gasteiger partial charge in [0.25, 0.3) is 5.91 Å². The fraction of sp³-hybridized carbons (Fsp3) is 0.150. The zero-order valence-corrected chi connectivity index (χ0v) is 14.2. The summed E-state index contributed by atoms with van der Waals surface area (Å²) in [5, 5.41) is 3.19. The lowest BCUT2D eigenvalue weighted by Gasteiger charge is -2.21. The number of aromatic nitrogens is 1. The van der Waals surface area contributed by atoms with Crippen molar-refractivity contribution in [2.75, 3.05) is 16.8 Å². The van der Waals surface area contributed by atoms with Crippen molar-refractivity contribution >= 4 is 28.9 Å². The number of rotatable bonds is 4. The van der Waals surface area contributed by atoms with Gasteiger partial charge < -0.3 is 5.32 Å². The van der Waals surface area contributed by atoms with Gasteiger partial charge in [0.1, 0.15) is 0 Å². The highest BCUT2D eigenvalue weighted by Crippen LogP contribution is 2.33. The molecule has 2 aromatic rings. The number of nitrogens with one attached hydrogen (secondary N) is 1. The summed E-state index contributed by atoms with van der Waals surface area (Å²) in [7, 11) is 0. The van der Waals surface area contributed by atoms with E-state index < -0.39 is 0 Å². The van der Waals surface area contributed by atoms with Crippen LogP contribution in [0, 0.1) is 0 Å². The van der Waals surface area contributed by atoms with Crippen LogP contribution in [0.3, 0.4) is 0 Å². The molecule has 1 aromatic carbocycles. The van der Waals surface area contributed by atoms with Gasteiger partial charge in [0.05, 0.1) is 23.5 Å². The Hall–Kier alpha value is -3.21. The van der Waals surface area contributed by atoms with Crippen LogP contribution in [0.4, 0.5) is 17.2 Å². The Morgan fingerprint density at radius 2 is 2.00 bits per heavy atom. The normalized spacial score (nSPS) is 13.9. The van der Waals surface area contributed by atoms with E-state index in [9.17, 15) is 9.59 Å². The molecule has 1 aliphatic rings. The van der Waals surface area contributed by atoms with E-state index in [1.165, 1.54) is 4.90 Å². The first kappa shape index (κ1) is 16.6. The maximum atomic E-state index is 13.1. The highest BCUT2D eigenvalue weighted by Gasteiger charge is 2.28. The van der Waals surface area contributed by atoms with Crippen LogP contribution in [0.2, 0.25) is 0 Å². The summed E-state index contributed by atoms with van der Waals surface area (Å²) in [5.74, 6) is 0.212. The van der Waals surface area contributed by atoms with Crippen molar-refractivity contribution in [3.05, 3.63) is 72.0 Å². The fourth-order valence-corrected chi connectivity index (χ4v) is 2.79. The molecule has 2 heterocycles. The number of hydrogen-bond donors (Lipinski definition) is 1. The lowest BCUT2D eigenvalue weighted by atomic mass is 10.1. The number of nitrogens with zero attached hydrogens (tertiary/aromatic N) is 2.